The van der Waals surface area contributed by atoms with E-state index in [1.165, 1.54) is 10.6 Å². The lowest BCUT2D eigenvalue weighted by atomic mass is 10.1. The fraction of sp³-hybridized carbons (Fsp3) is 0.421. The third-order valence-corrected chi connectivity index (χ3v) is 6.15. The van der Waals surface area contributed by atoms with Gasteiger partial charge in [-0.3, -0.25) is 4.90 Å². The second kappa shape index (κ2) is 8.37. The zero-order chi connectivity index (χ0) is 18.6. The Morgan fingerprint density at radius 1 is 1.15 bits per heavy atom. The lowest BCUT2D eigenvalue weighted by molar-refractivity contribution is 0.170. The molecule has 0 saturated carbocycles. The van der Waals surface area contributed by atoms with Crippen molar-refractivity contribution in [2.75, 3.05) is 31.1 Å². The average molecular weight is 403 g/mol. The van der Waals surface area contributed by atoms with Crippen molar-refractivity contribution in [3.8, 4) is 0 Å². The van der Waals surface area contributed by atoms with Gasteiger partial charge < -0.3 is 4.90 Å². The molecular weight excluding hydrogens is 380 g/mol. The smallest absolute Gasteiger partial charge is 0.168 e. The molecule has 1 aliphatic rings. The molecule has 0 N–H and O–H groups in total. The van der Waals surface area contributed by atoms with E-state index < -0.39 is 0 Å². The van der Waals surface area contributed by atoms with E-state index in [9.17, 15) is 0 Å². The summed E-state index contributed by atoms with van der Waals surface area (Å²) in [6.07, 6.45) is 0.988. The van der Waals surface area contributed by atoms with Crippen molar-refractivity contribution >= 4 is 28.6 Å². The first-order valence-corrected chi connectivity index (χ1v) is 10.5. The molecule has 0 unspecified atom stereocenters. The molecule has 1 saturated heterocycles. The van der Waals surface area contributed by atoms with Crippen molar-refractivity contribution in [1.29, 1.82) is 0 Å². The zero-order valence-corrected chi connectivity index (χ0v) is 16.9. The third kappa shape index (κ3) is 4.15. The predicted octanol–water partition coefficient (Wildman–Crippen LogP) is 3.71. The molecule has 3 heterocycles. The van der Waals surface area contributed by atoms with Crippen molar-refractivity contribution in [3.63, 3.8) is 0 Å². The Morgan fingerprint density at radius 2 is 2.00 bits per heavy atom. The number of halogens is 1. The van der Waals surface area contributed by atoms with Crippen LogP contribution >= 0.6 is 22.9 Å². The van der Waals surface area contributed by atoms with Gasteiger partial charge >= 0.3 is 0 Å². The predicted molar refractivity (Wildman–Crippen MR) is 110 cm³/mol. The molecule has 3 aromatic rings. The van der Waals surface area contributed by atoms with Gasteiger partial charge in [-0.25, -0.2) is 4.68 Å². The molecule has 1 atom stereocenters. The van der Waals surface area contributed by atoms with E-state index in [4.69, 9.17) is 11.6 Å². The summed E-state index contributed by atoms with van der Waals surface area (Å²) in [6, 6.07) is 12.5. The van der Waals surface area contributed by atoms with Gasteiger partial charge in [-0.15, -0.1) is 16.4 Å². The second-order valence-corrected chi connectivity index (χ2v) is 8.17. The van der Waals surface area contributed by atoms with E-state index >= 15 is 0 Å². The minimum Gasteiger partial charge on any atom is -0.369 e. The van der Waals surface area contributed by atoms with Crippen LogP contribution in [0.1, 0.15) is 30.1 Å². The van der Waals surface area contributed by atoms with Gasteiger partial charge in [0.1, 0.15) is 0 Å². The molecule has 0 spiro atoms. The molecule has 8 heteroatoms. The maximum absolute atomic E-state index is 6.15. The quantitative estimate of drug-likeness (QED) is 0.629. The Kier molecular flexibility index (Phi) is 5.71. The highest BCUT2D eigenvalue weighted by atomic mass is 35.5. The molecule has 4 rings (SSSR count). The number of benzene rings is 1. The number of nitrogens with zero attached hydrogens (tertiary/aromatic N) is 6. The number of tetrazole rings is 1. The van der Waals surface area contributed by atoms with E-state index in [1.807, 2.05) is 22.9 Å². The monoisotopic (exact) mass is 402 g/mol. The molecule has 1 fully saturated rings. The molecule has 27 heavy (non-hydrogen) atoms. The van der Waals surface area contributed by atoms with E-state index in [1.54, 1.807) is 11.3 Å². The first-order valence-electron chi connectivity index (χ1n) is 9.27. The van der Waals surface area contributed by atoms with E-state index in [0.717, 1.165) is 50.0 Å². The highest BCUT2D eigenvalue weighted by Gasteiger charge is 2.28. The molecule has 2 aromatic heterocycles. The van der Waals surface area contributed by atoms with E-state index in [-0.39, 0.29) is 6.04 Å². The van der Waals surface area contributed by atoms with Crippen LogP contribution in [0.15, 0.2) is 41.8 Å². The first kappa shape index (κ1) is 18.4. The maximum atomic E-state index is 6.15. The molecule has 1 aromatic carbocycles. The summed E-state index contributed by atoms with van der Waals surface area (Å²) in [7, 11) is 0. The largest absolute Gasteiger partial charge is 0.369 e. The molecule has 6 nitrogen and oxygen atoms in total. The fourth-order valence-corrected chi connectivity index (χ4v) is 4.55. The van der Waals surface area contributed by atoms with Gasteiger partial charge in [0, 0.05) is 41.8 Å². The summed E-state index contributed by atoms with van der Waals surface area (Å²) < 4.78 is 1.95. The number of hydrogen-bond donors (Lipinski definition) is 0. The maximum Gasteiger partial charge on any atom is 0.168 e. The van der Waals surface area contributed by atoms with Crippen molar-refractivity contribution < 1.29 is 0 Å². The van der Waals surface area contributed by atoms with Crippen molar-refractivity contribution in [2.24, 2.45) is 0 Å². The van der Waals surface area contributed by atoms with Gasteiger partial charge in [0.2, 0.25) is 0 Å². The number of piperazine rings is 1. The molecule has 0 amide bonds. The zero-order valence-electron chi connectivity index (χ0n) is 15.3. The molecule has 0 bridgehead atoms. The van der Waals surface area contributed by atoms with Crippen molar-refractivity contribution in [1.82, 2.24) is 25.1 Å². The molecular formula is C19H23ClN6S. The van der Waals surface area contributed by atoms with Crippen LogP contribution in [-0.4, -0.2) is 51.3 Å². The molecule has 1 aliphatic heterocycles. The fourth-order valence-electron chi connectivity index (χ4n) is 3.68. The van der Waals surface area contributed by atoms with Gasteiger partial charge in [-0.05, 0) is 46.5 Å². The molecule has 0 radical (unpaired) electrons. The summed E-state index contributed by atoms with van der Waals surface area (Å²) in [5.41, 5.74) is 1.19. The van der Waals surface area contributed by atoms with Crippen molar-refractivity contribution in [2.45, 2.75) is 25.9 Å². The lowest BCUT2D eigenvalue weighted by Crippen LogP contribution is -2.48. The minimum atomic E-state index is 0.237. The van der Waals surface area contributed by atoms with Crippen LogP contribution in [0.25, 0.3) is 0 Å². The summed E-state index contributed by atoms with van der Waals surface area (Å²) in [6.45, 7) is 6.86. The number of anilines is 1. The standard InChI is InChI=1S/C19H23ClN6S/c1-2-18(19-21-22-23-26(19)14-17-7-4-12-27-17)25-10-8-24(9-11-25)16-6-3-5-15(20)13-16/h3-7,12-13,18H,2,8-11,14H2,1H3/t18-/m1/s1. The number of aromatic nitrogens is 4. The highest BCUT2D eigenvalue weighted by molar-refractivity contribution is 7.09. The lowest BCUT2D eigenvalue weighted by Gasteiger charge is -2.39. The average Bonchev–Trinajstić information content (AvgIpc) is 3.36. The Morgan fingerprint density at radius 3 is 2.70 bits per heavy atom. The van der Waals surface area contributed by atoms with Gasteiger partial charge in [0.25, 0.3) is 0 Å². The van der Waals surface area contributed by atoms with Crippen LogP contribution in [0.4, 0.5) is 5.69 Å². The van der Waals surface area contributed by atoms with Gasteiger partial charge in [0.05, 0.1) is 12.6 Å². The topological polar surface area (TPSA) is 50.1 Å². The minimum absolute atomic E-state index is 0.237. The molecule has 142 valence electrons. The van der Waals surface area contributed by atoms with Crippen LogP contribution in [0, 0.1) is 0 Å². The second-order valence-electron chi connectivity index (χ2n) is 6.70. The Hall–Kier alpha value is -1.96. The SMILES string of the molecule is CC[C@H](c1nnnn1Cc1cccs1)N1CCN(c2cccc(Cl)c2)CC1. The van der Waals surface area contributed by atoms with Gasteiger partial charge in [-0.2, -0.15) is 0 Å². The van der Waals surface area contributed by atoms with Crippen LogP contribution < -0.4 is 4.90 Å². The number of thiophene rings is 1. The van der Waals surface area contributed by atoms with Crippen LogP contribution in [0.5, 0.6) is 0 Å². The normalized spacial score (nSPS) is 16.6. The summed E-state index contributed by atoms with van der Waals surface area (Å²) >= 11 is 7.88. The first-order chi connectivity index (χ1) is 13.2. The summed E-state index contributed by atoms with van der Waals surface area (Å²) in [5, 5.41) is 15.4. The number of hydrogen-bond acceptors (Lipinski definition) is 6. The summed E-state index contributed by atoms with van der Waals surface area (Å²) in [4.78, 5) is 6.16. The van der Waals surface area contributed by atoms with Crippen molar-refractivity contribution in [3.05, 3.63) is 57.5 Å². The number of rotatable bonds is 6. The highest BCUT2D eigenvalue weighted by Crippen LogP contribution is 2.27. The van der Waals surface area contributed by atoms with Crippen LogP contribution in [0.2, 0.25) is 5.02 Å². The Balaban J connectivity index is 1.45. The van der Waals surface area contributed by atoms with Gasteiger partial charge in [0.15, 0.2) is 5.82 Å². The van der Waals surface area contributed by atoms with Crippen LogP contribution in [-0.2, 0) is 6.54 Å². The van der Waals surface area contributed by atoms with E-state index in [0.29, 0.717) is 0 Å². The Bertz CT molecular complexity index is 857. The van der Waals surface area contributed by atoms with E-state index in [2.05, 4.69) is 55.8 Å². The third-order valence-electron chi connectivity index (χ3n) is 5.06. The molecule has 0 aliphatic carbocycles. The Labute approximate surface area is 168 Å². The van der Waals surface area contributed by atoms with Crippen LogP contribution in [0.3, 0.4) is 0 Å². The summed E-state index contributed by atoms with van der Waals surface area (Å²) in [5.74, 6) is 0.960. The van der Waals surface area contributed by atoms with Gasteiger partial charge in [-0.1, -0.05) is 30.7 Å².